The largest absolute Gasteiger partial charge is 0.496 e. The van der Waals surface area contributed by atoms with E-state index in [1.807, 2.05) is 38.1 Å². The first kappa shape index (κ1) is 24.2. The predicted molar refractivity (Wildman–Crippen MR) is 134 cm³/mol. The number of nitrogens with zero attached hydrogens (tertiary/aromatic N) is 3. The number of carbonyl (C=O) groups excluding carboxylic acids is 1. The lowest BCUT2D eigenvalue weighted by Gasteiger charge is -2.33. The minimum atomic E-state index is -3.73. The molecule has 1 saturated heterocycles. The second-order valence-electron chi connectivity index (χ2n) is 8.27. The van der Waals surface area contributed by atoms with Gasteiger partial charge >= 0.3 is 4.87 Å². The molecular weight excluding hydrogens is 474 g/mol. The summed E-state index contributed by atoms with van der Waals surface area (Å²) in [7, 11) is -2.16. The number of thiazole rings is 1. The molecule has 10 heteroatoms. The Kier molecular flexibility index (Phi) is 6.92. The minimum absolute atomic E-state index is 0.00801. The Hall–Kier alpha value is -2.95. The molecule has 0 N–H and O–H groups in total. The van der Waals surface area contributed by atoms with E-state index in [1.165, 1.54) is 10.4 Å². The van der Waals surface area contributed by atoms with Crippen molar-refractivity contribution in [1.82, 2.24) is 13.8 Å². The summed E-state index contributed by atoms with van der Waals surface area (Å²) >= 11 is 1.05. The topological polar surface area (TPSA) is 88.9 Å². The lowest BCUT2D eigenvalue weighted by Crippen LogP contribution is -2.50. The number of hydrogen-bond acceptors (Lipinski definition) is 6. The molecule has 0 aliphatic carbocycles. The average Bonchev–Trinajstić information content (AvgIpc) is 3.17. The highest BCUT2D eigenvalue weighted by Crippen LogP contribution is 2.26. The maximum absolute atomic E-state index is 13.2. The summed E-state index contributed by atoms with van der Waals surface area (Å²) in [4.78, 5) is 26.6. The lowest BCUT2D eigenvalue weighted by molar-refractivity contribution is -0.127. The highest BCUT2D eigenvalue weighted by molar-refractivity contribution is 7.89. The molecule has 2 heterocycles. The van der Waals surface area contributed by atoms with Crippen LogP contribution in [0.3, 0.4) is 0 Å². The van der Waals surface area contributed by atoms with Crippen molar-refractivity contribution in [3.05, 3.63) is 63.8 Å². The van der Waals surface area contributed by atoms with E-state index in [2.05, 4.69) is 0 Å². The lowest BCUT2D eigenvalue weighted by atomic mass is 10.2. The predicted octanol–water partition coefficient (Wildman–Crippen LogP) is 3.20. The average molecular weight is 502 g/mol. The van der Waals surface area contributed by atoms with Crippen LogP contribution >= 0.6 is 11.3 Å². The molecular formula is C24H27N3O5S2. The van der Waals surface area contributed by atoms with Crippen LogP contribution in [0.5, 0.6) is 5.75 Å². The number of sulfonamides is 1. The van der Waals surface area contributed by atoms with Crippen molar-refractivity contribution in [3.63, 3.8) is 0 Å². The Morgan fingerprint density at radius 2 is 1.79 bits per heavy atom. The van der Waals surface area contributed by atoms with E-state index in [0.717, 1.165) is 22.4 Å². The van der Waals surface area contributed by atoms with Gasteiger partial charge in [0.1, 0.15) is 5.75 Å². The van der Waals surface area contributed by atoms with Crippen molar-refractivity contribution in [2.45, 2.75) is 24.8 Å². The van der Waals surface area contributed by atoms with Crippen LogP contribution in [0.2, 0.25) is 0 Å². The third-order valence-corrected chi connectivity index (χ3v) is 8.65. The first-order valence-electron chi connectivity index (χ1n) is 11.0. The maximum atomic E-state index is 13.2. The summed E-state index contributed by atoms with van der Waals surface area (Å²) in [5.74, 6) is 0.498. The summed E-state index contributed by atoms with van der Waals surface area (Å²) < 4.78 is 35.5. The Morgan fingerprint density at radius 3 is 2.47 bits per heavy atom. The minimum Gasteiger partial charge on any atom is -0.496 e. The summed E-state index contributed by atoms with van der Waals surface area (Å²) in [6.07, 6.45) is 3.19. The smallest absolute Gasteiger partial charge is 0.308 e. The molecule has 8 nitrogen and oxygen atoms in total. The molecule has 0 saturated carbocycles. The number of piperazine rings is 1. The fourth-order valence-electron chi connectivity index (χ4n) is 4.03. The van der Waals surface area contributed by atoms with E-state index in [0.29, 0.717) is 23.5 Å². The second kappa shape index (κ2) is 9.73. The van der Waals surface area contributed by atoms with E-state index in [9.17, 15) is 18.0 Å². The van der Waals surface area contributed by atoms with Crippen LogP contribution in [-0.2, 0) is 14.8 Å². The fourth-order valence-corrected chi connectivity index (χ4v) is 6.61. The van der Waals surface area contributed by atoms with Gasteiger partial charge in [-0.2, -0.15) is 4.31 Å². The Bertz CT molecular complexity index is 1400. The van der Waals surface area contributed by atoms with Crippen molar-refractivity contribution < 1.29 is 17.9 Å². The number of fused-ring (bicyclic) bond motifs is 1. The zero-order valence-corrected chi connectivity index (χ0v) is 20.9. The van der Waals surface area contributed by atoms with E-state index < -0.39 is 10.0 Å². The van der Waals surface area contributed by atoms with Crippen molar-refractivity contribution in [2.75, 3.05) is 33.3 Å². The van der Waals surface area contributed by atoms with Gasteiger partial charge in [-0.25, -0.2) is 8.42 Å². The normalized spacial score (nSPS) is 15.5. The van der Waals surface area contributed by atoms with Gasteiger partial charge in [-0.15, -0.1) is 0 Å². The molecule has 34 heavy (non-hydrogen) atoms. The van der Waals surface area contributed by atoms with Crippen LogP contribution in [0, 0.1) is 0 Å². The Balaban J connectivity index is 1.45. The highest BCUT2D eigenvalue weighted by Gasteiger charge is 2.30. The second-order valence-corrected chi connectivity index (χ2v) is 11.2. The number of amides is 1. The highest BCUT2D eigenvalue weighted by atomic mass is 32.2. The third kappa shape index (κ3) is 4.66. The molecule has 0 unspecified atom stereocenters. The standard InChI is InChI=1S/C24H27N3O5S2/c1-17(2)27-20-10-9-19(16-22(20)33-24(27)29)34(30,31)26-14-12-25(13-15-26)23(28)11-8-18-6-4-5-7-21(18)32-3/h4-11,16-17H,12-15H2,1-3H3. The van der Waals surface area contributed by atoms with Crippen LogP contribution in [-0.4, -0.2) is 61.4 Å². The summed E-state index contributed by atoms with van der Waals surface area (Å²) in [5, 5.41) is 0. The number of para-hydroxylation sites is 1. The molecule has 1 aromatic heterocycles. The van der Waals surface area contributed by atoms with E-state index >= 15 is 0 Å². The van der Waals surface area contributed by atoms with Crippen LogP contribution in [0.25, 0.3) is 16.3 Å². The summed E-state index contributed by atoms with van der Waals surface area (Å²) in [6.45, 7) is 4.85. The molecule has 2 aromatic carbocycles. The molecule has 1 fully saturated rings. The fraction of sp³-hybridized carbons (Fsp3) is 0.333. The van der Waals surface area contributed by atoms with Crippen LogP contribution < -0.4 is 9.61 Å². The van der Waals surface area contributed by atoms with Crippen molar-refractivity contribution in [2.24, 2.45) is 0 Å². The molecule has 0 spiro atoms. The zero-order valence-electron chi connectivity index (χ0n) is 19.3. The summed E-state index contributed by atoms with van der Waals surface area (Å²) in [5.41, 5.74) is 1.53. The van der Waals surface area contributed by atoms with Crippen LogP contribution in [0.15, 0.2) is 58.2 Å². The van der Waals surface area contributed by atoms with E-state index in [1.54, 1.807) is 40.9 Å². The number of hydrogen-bond donors (Lipinski definition) is 0. The van der Waals surface area contributed by atoms with Gasteiger partial charge in [0.15, 0.2) is 0 Å². The first-order valence-corrected chi connectivity index (χ1v) is 13.2. The van der Waals surface area contributed by atoms with Gasteiger partial charge in [0, 0.05) is 43.9 Å². The Morgan fingerprint density at radius 1 is 1.09 bits per heavy atom. The summed E-state index contributed by atoms with van der Waals surface area (Å²) in [6, 6.07) is 12.2. The van der Waals surface area contributed by atoms with Crippen LogP contribution in [0.4, 0.5) is 0 Å². The van der Waals surface area contributed by atoms with E-state index in [4.69, 9.17) is 4.74 Å². The molecule has 3 aromatic rings. The van der Waals surface area contributed by atoms with Gasteiger partial charge in [-0.1, -0.05) is 29.5 Å². The number of benzene rings is 2. The monoisotopic (exact) mass is 501 g/mol. The SMILES string of the molecule is COc1ccccc1C=CC(=O)N1CCN(S(=O)(=O)c2ccc3c(c2)sc(=O)n3C(C)C)CC1. The molecule has 0 bridgehead atoms. The van der Waals surface area contributed by atoms with Gasteiger partial charge < -0.3 is 9.64 Å². The van der Waals surface area contributed by atoms with E-state index in [-0.39, 0.29) is 34.8 Å². The number of aromatic nitrogens is 1. The number of rotatable bonds is 6. The zero-order chi connectivity index (χ0) is 24.5. The van der Waals surface area contributed by atoms with Gasteiger partial charge in [-0.05, 0) is 44.2 Å². The van der Waals surface area contributed by atoms with Crippen molar-refractivity contribution in [1.29, 1.82) is 0 Å². The van der Waals surface area contributed by atoms with Gasteiger partial charge in [0.2, 0.25) is 15.9 Å². The molecule has 0 atom stereocenters. The molecule has 180 valence electrons. The van der Waals surface area contributed by atoms with Gasteiger partial charge in [0.25, 0.3) is 0 Å². The number of ether oxygens (including phenoxy) is 1. The molecule has 1 aliphatic rings. The number of methoxy groups -OCH3 is 1. The maximum Gasteiger partial charge on any atom is 0.308 e. The van der Waals surface area contributed by atoms with Crippen LogP contribution in [0.1, 0.15) is 25.5 Å². The first-order chi connectivity index (χ1) is 16.2. The van der Waals surface area contributed by atoms with Crippen molar-refractivity contribution in [3.8, 4) is 5.75 Å². The Labute approximate surface area is 202 Å². The van der Waals surface area contributed by atoms with Gasteiger partial charge in [-0.3, -0.25) is 14.2 Å². The third-order valence-electron chi connectivity index (χ3n) is 5.83. The molecule has 1 aliphatic heterocycles. The molecule has 4 rings (SSSR count). The quantitative estimate of drug-likeness (QED) is 0.484. The van der Waals surface area contributed by atoms with Gasteiger partial charge in [0.05, 0.1) is 22.2 Å². The molecule has 1 amide bonds. The number of carbonyl (C=O) groups is 1. The molecule has 0 radical (unpaired) electrons. The van der Waals surface area contributed by atoms with Crippen molar-refractivity contribution >= 4 is 43.6 Å².